The van der Waals surface area contributed by atoms with Gasteiger partial charge in [0.15, 0.2) is 11.5 Å². The summed E-state index contributed by atoms with van der Waals surface area (Å²) in [4.78, 5) is 4.79. The number of sulfonamides is 1. The fourth-order valence-corrected chi connectivity index (χ4v) is 6.20. The van der Waals surface area contributed by atoms with Gasteiger partial charge in [-0.2, -0.15) is 4.98 Å². The third-order valence-electron chi connectivity index (χ3n) is 6.96. The van der Waals surface area contributed by atoms with Crippen molar-refractivity contribution in [3.8, 4) is 22.9 Å². The first-order valence-electron chi connectivity index (χ1n) is 11.1. The molecule has 1 unspecified atom stereocenters. The van der Waals surface area contributed by atoms with Gasteiger partial charge in [0.25, 0.3) is 0 Å². The lowest BCUT2D eigenvalue weighted by molar-refractivity contribution is 0.251. The number of hydrogen-bond donors (Lipinski definition) is 1. The minimum Gasteiger partial charge on any atom is -0.493 e. The van der Waals surface area contributed by atoms with Crippen LogP contribution in [0.3, 0.4) is 0 Å². The summed E-state index contributed by atoms with van der Waals surface area (Å²) in [6.07, 6.45) is 4.53. The van der Waals surface area contributed by atoms with Crippen molar-refractivity contribution < 1.29 is 22.4 Å². The van der Waals surface area contributed by atoms with E-state index < -0.39 is 10.0 Å². The number of rotatable bonds is 7. The third-order valence-corrected chi connectivity index (χ3v) is 8.43. The molecule has 5 rings (SSSR count). The monoisotopic (exact) mass is 469 g/mol. The molecular weight excluding hydrogens is 442 g/mol. The van der Waals surface area contributed by atoms with Crippen LogP contribution >= 0.6 is 0 Å². The second-order valence-corrected chi connectivity index (χ2v) is 10.6. The Bertz CT molecular complexity index is 1230. The molecule has 2 aliphatic rings. The highest BCUT2D eigenvalue weighted by atomic mass is 32.2. The van der Waals surface area contributed by atoms with Crippen molar-refractivity contribution in [1.82, 2.24) is 14.9 Å². The smallest absolute Gasteiger partial charge is 0.240 e. The van der Waals surface area contributed by atoms with Gasteiger partial charge in [-0.25, -0.2) is 13.1 Å². The van der Waals surface area contributed by atoms with E-state index in [9.17, 15) is 8.42 Å². The maximum Gasteiger partial charge on any atom is 0.240 e. The Balaban J connectivity index is 1.21. The summed E-state index contributed by atoms with van der Waals surface area (Å²) in [5.74, 6) is 2.38. The number of hydrogen-bond acceptors (Lipinski definition) is 7. The summed E-state index contributed by atoms with van der Waals surface area (Å²) >= 11 is 0. The number of methoxy groups -OCH3 is 2. The Kier molecular flexibility index (Phi) is 5.62. The van der Waals surface area contributed by atoms with Crippen LogP contribution in [-0.4, -0.2) is 38.8 Å². The summed E-state index contributed by atoms with van der Waals surface area (Å²) in [6.45, 7) is 0. The quantitative estimate of drug-likeness (QED) is 0.554. The molecule has 3 aromatic rings. The minimum absolute atomic E-state index is 0.0163. The zero-order chi connectivity index (χ0) is 23.1. The van der Waals surface area contributed by atoms with Crippen molar-refractivity contribution in [3.05, 3.63) is 54.4 Å². The van der Waals surface area contributed by atoms with Gasteiger partial charge < -0.3 is 14.0 Å². The molecule has 2 aliphatic carbocycles. The Morgan fingerprint density at radius 2 is 1.76 bits per heavy atom. The van der Waals surface area contributed by atoms with Crippen molar-refractivity contribution >= 4 is 10.0 Å². The number of benzene rings is 2. The Morgan fingerprint density at radius 1 is 1.03 bits per heavy atom. The molecule has 1 atom stereocenters. The van der Waals surface area contributed by atoms with Crippen LogP contribution in [0.5, 0.6) is 11.5 Å². The zero-order valence-electron chi connectivity index (χ0n) is 18.7. The molecule has 0 radical (unpaired) electrons. The van der Waals surface area contributed by atoms with Gasteiger partial charge in [0.2, 0.25) is 21.7 Å². The number of aromatic nitrogens is 2. The first-order valence-corrected chi connectivity index (χ1v) is 12.6. The van der Waals surface area contributed by atoms with Crippen molar-refractivity contribution in [3.63, 3.8) is 0 Å². The van der Waals surface area contributed by atoms with Crippen molar-refractivity contribution in [2.24, 2.45) is 5.41 Å². The predicted octanol–water partition coefficient (Wildman–Crippen LogP) is 4.15. The van der Waals surface area contributed by atoms with Crippen molar-refractivity contribution in [2.45, 2.75) is 49.0 Å². The van der Waals surface area contributed by atoms with E-state index in [4.69, 9.17) is 14.0 Å². The van der Waals surface area contributed by atoms with Crippen LogP contribution < -0.4 is 14.2 Å². The maximum atomic E-state index is 13.0. The average Bonchev–Trinajstić information content (AvgIpc) is 3.25. The summed E-state index contributed by atoms with van der Waals surface area (Å²) < 4.78 is 44.8. The summed E-state index contributed by atoms with van der Waals surface area (Å²) in [5.41, 5.74) is 0.953. The molecule has 9 heteroatoms. The first-order chi connectivity index (χ1) is 15.9. The molecule has 2 saturated carbocycles. The van der Waals surface area contributed by atoms with Crippen molar-refractivity contribution in [2.75, 3.05) is 14.2 Å². The van der Waals surface area contributed by atoms with E-state index in [2.05, 4.69) is 14.9 Å². The third kappa shape index (κ3) is 4.22. The molecule has 0 aliphatic heterocycles. The van der Waals surface area contributed by atoms with Gasteiger partial charge in [0.05, 0.1) is 19.1 Å². The van der Waals surface area contributed by atoms with Crippen LogP contribution in [0.15, 0.2) is 57.9 Å². The lowest BCUT2D eigenvalue weighted by Gasteiger charge is -2.27. The molecule has 174 valence electrons. The van der Waals surface area contributed by atoms with Crippen LogP contribution in [0.25, 0.3) is 11.4 Å². The molecule has 33 heavy (non-hydrogen) atoms. The topological polar surface area (TPSA) is 104 Å². The van der Waals surface area contributed by atoms with E-state index in [1.807, 2.05) is 30.3 Å². The van der Waals surface area contributed by atoms with Crippen LogP contribution in [-0.2, 0) is 10.0 Å². The van der Waals surface area contributed by atoms with Gasteiger partial charge in [-0.15, -0.1) is 0 Å². The lowest BCUT2D eigenvalue weighted by atomic mass is 9.79. The van der Waals surface area contributed by atoms with Gasteiger partial charge in [0, 0.05) is 23.6 Å². The van der Waals surface area contributed by atoms with Crippen LogP contribution in [0.4, 0.5) is 0 Å². The van der Waals surface area contributed by atoms with E-state index in [0.29, 0.717) is 23.2 Å². The second kappa shape index (κ2) is 8.46. The highest BCUT2D eigenvalue weighted by Crippen LogP contribution is 2.59. The molecule has 0 bridgehead atoms. The summed E-state index contributed by atoms with van der Waals surface area (Å²) in [7, 11) is -0.642. The molecule has 8 nitrogen and oxygen atoms in total. The normalized spacial score (nSPS) is 24.5. The van der Waals surface area contributed by atoms with Crippen LogP contribution in [0.2, 0.25) is 0 Å². The SMILES string of the molecule is COc1ccc(S(=O)(=O)NC2CC23CCC(c2nc(-c4ccccc4)no2)CC3)cc1OC. The van der Waals surface area contributed by atoms with E-state index in [1.54, 1.807) is 6.07 Å². The molecule has 1 spiro atoms. The fraction of sp³-hybridized carbons (Fsp3) is 0.417. The lowest BCUT2D eigenvalue weighted by Crippen LogP contribution is -2.31. The first kappa shape index (κ1) is 21.9. The second-order valence-electron chi connectivity index (χ2n) is 8.85. The van der Waals surface area contributed by atoms with Gasteiger partial charge in [0.1, 0.15) is 0 Å². The molecule has 1 heterocycles. The summed E-state index contributed by atoms with van der Waals surface area (Å²) in [5, 5.41) is 4.14. The zero-order valence-corrected chi connectivity index (χ0v) is 19.5. The van der Waals surface area contributed by atoms with E-state index >= 15 is 0 Å². The van der Waals surface area contributed by atoms with Gasteiger partial charge in [-0.05, 0) is 49.7 Å². The summed E-state index contributed by atoms with van der Waals surface area (Å²) in [6, 6.07) is 14.4. The molecule has 2 fully saturated rings. The highest BCUT2D eigenvalue weighted by Gasteiger charge is 2.56. The number of nitrogens with one attached hydrogen (secondary N) is 1. The van der Waals surface area contributed by atoms with E-state index in [1.165, 1.54) is 26.4 Å². The van der Waals surface area contributed by atoms with Gasteiger partial charge in [-0.1, -0.05) is 35.5 Å². The molecular formula is C24H27N3O5S. The maximum absolute atomic E-state index is 13.0. The molecule has 0 amide bonds. The fourth-order valence-electron chi connectivity index (χ4n) is 4.85. The van der Waals surface area contributed by atoms with Crippen LogP contribution in [0, 0.1) is 5.41 Å². The minimum atomic E-state index is -3.65. The number of nitrogens with zero attached hydrogens (tertiary/aromatic N) is 2. The Morgan fingerprint density at radius 3 is 2.45 bits per heavy atom. The van der Waals surface area contributed by atoms with E-state index in [0.717, 1.165) is 37.7 Å². The highest BCUT2D eigenvalue weighted by molar-refractivity contribution is 7.89. The largest absolute Gasteiger partial charge is 0.493 e. The van der Waals surface area contributed by atoms with Gasteiger partial charge in [-0.3, -0.25) is 0 Å². The standard InChI is InChI=1S/C24H27N3O5S/c1-30-19-9-8-18(14-20(19)31-2)33(28,29)27-21-15-24(21)12-10-17(11-13-24)23-25-22(26-32-23)16-6-4-3-5-7-16/h3-9,14,17,21,27H,10-13,15H2,1-2H3. The van der Waals surface area contributed by atoms with E-state index in [-0.39, 0.29) is 22.3 Å². The Hall–Kier alpha value is -2.91. The molecule has 0 saturated heterocycles. The van der Waals surface area contributed by atoms with Crippen molar-refractivity contribution in [1.29, 1.82) is 0 Å². The van der Waals surface area contributed by atoms with Crippen LogP contribution in [0.1, 0.15) is 43.9 Å². The predicted molar refractivity (Wildman–Crippen MR) is 122 cm³/mol. The molecule has 1 N–H and O–H groups in total. The molecule has 1 aromatic heterocycles. The molecule has 2 aromatic carbocycles. The average molecular weight is 470 g/mol. The van der Waals surface area contributed by atoms with Gasteiger partial charge >= 0.3 is 0 Å². The number of ether oxygens (including phenoxy) is 2. The Labute approximate surface area is 193 Å².